The van der Waals surface area contributed by atoms with Crippen molar-refractivity contribution in [3.8, 4) is 0 Å². The molecular formula is C10H9Cl2FN2O. The molecule has 0 radical (unpaired) electrons. The molecule has 0 amide bonds. The molecule has 0 N–H and O–H groups in total. The van der Waals surface area contributed by atoms with E-state index in [-0.39, 0.29) is 23.0 Å². The highest BCUT2D eigenvalue weighted by Gasteiger charge is 2.25. The Kier molecular flexibility index (Phi) is 4.26. The second-order valence-corrected chi connectivity index (χ2v) is 3.63. The van der Waals surface area contributed by atoms with Gasteiger partial charge in [0.2, 0.25) is 0 Å². The maximum absolute atomic E-state index is 13.4. The van der Waals surface area contributed by atoms with E-state index in [1.165, 1.54) is 10.8 Å². The van der Waals surface area contributed by atoms with Gasteiger partial charge in [0.25, 0.3) is 5.24 Å². The molecule has 86 valence electrons. The molecule has 6 heteroatoms. The second kappa shape index (κ2) is 5.27. The number of nitrogens with zero attached hydrogens (tertiary/aromatic N) is 2. The van der Waals surface area contributed by atoms with E-state index >= 15 is 0 Å². The predicted molar refractivity (Wildman–Crippen MR) is 61.7 cm³/mol. The first-order valence-electron chi connectivity index (χ1n) is 4.36. The van der Waals surface area contributed by atoms with E-state index in [2.05, 4.69) is 18.3 Å². The number of hydrogen-bond donors (Lipinski definition) is 0. The summed E-state index contributed by atoms with van der Waals surface area (Å²) in [4.78, 5) is 11.1. The molecule has 1 atom stereocenters. The van der Waals surface area contributed by atoms with Crippen molar-refractivity contribution in [2.75, 3.05) is 0 Å². The van der Waals surface area contributed by atoms with Crippen molar-refractivity contribution in [2.24, 2.45) is 0 Å². The van der Waals surface area contributed by atoms with Crippen LogP contribution in [0.3, 0.4) is 0 Å². The zero-order valence-electron chi connectivity index (χ0n) is 8.29. The standard InChI is InChI=1S/C10H9Cl2FN2O/c1-3-5-15-9(11)7(10(12)16)8(14-15)6(13)4-2/h3-4,6H,1-2,5H2. The Morgan fingerprint density at radius 3 is 2.69 bits per heavy atom. The van der Waals surface area contributed by atoms with Crippen LogP contribution in [0.15, 0.2) is 25.3 Å². The van der Waals surface area contributed by atoms with Gasteiger partial charge in [-0.05, 0) is 11.6 Å². The zero-order chi connectivity index (χ0) is 12.3. The molecule has 0 fully saturated rings. The van der Waals surface area contributed by atoms with Gasteiger partial charge in [-0.1, -0.05) is 30.3 Å². The van der Waals surface area contributed by atoms with Crippen molar-refractivity contribution in [2.45, 2.75) is 12.7 Å². The van der Waals surface area contributed by atoms with Crippen molar-refractivity contribution in [3.05, 3.63) is 41.7 Å². The number of aromatic nitrogens is 2. The lowest BCUT2D eigenvalue weighted by molar-refractivity contribution is 0.107. The average molecular weight is 263 g/mol. The zero-order valence-corrected chi connectivity index (χ0v) is 9.80. The lowest BCUT2D eigenvalue weighted by Gasteiger charge is -1.98. The molecule has 1 heterocycles. The third-order valence-corrected chi connectivity index (χ3v) is 2.46. The Labute approximate surface area is 102 Å². The quantitative estimate of drug-likeness (QED) is 0.603. The van der Waals surface area contributed by atoms with E-state index in [0.717, 1.165) is 6.08 Å². The molecule has 0 aliphatic carbocycles. The fraction of sp³-hybridized carbons (Fsp3) is 0.200. The van der Waals surface area contributed by atoms with Crippen LogP contribution in [0, 0.1) is 0 Å². The normalized spacial score (nSPS) is 12.2. The molecule has 0 spiro atoms. The second-order valence-electron chi connectivity index (χ2n) is 2.93. The predicted octanol–water partition coefficient (Wildman–Crippen LogP) is 3.30. The summed E-state index contributed by atoms with van der Waals surface area (Å²) in [5.41, 5.74) is -0.251. The molecule has 0 saturated heterocycles. The number of carbonyl (C=O) groups is 1. The van der Waals surface area contributed by atoms with Gasteiger partial charge in [-0.15, -0.1) is 6.58 Å². The summed E-state index contributed by atoms with van der Waals surface area (Å²) in [5.74, 6) is 0. The summed E-state index contributed by atoms with van der Waals surface area (Å²) in [7, 11) is 0. The van der Waals surface area contributed by atoms with Crippen LogP contribution in [-0.2, 0) is 6.54 Å². The van der Waals surface area contributed by atoms with Crippen LogP contribution < -0.4 is 0 Å². The van der Waals surface area contributed by atoms with Gasteiger partial charge in [0.1, 0.15) is 10.8 Å². The SMILES string of the molecule is C=CCn1nc(C(F)C=C)c(C(=O)Cl)c1Cl. The average Bonchev–Trinajstić information content (AvgIpc) is 2.56. The lowest BCUT2D eigenvalue weighted by Crippen LogP contribution is -1.98. The van der Waals surface area contributed by atoms with Crippen LogP contribution >= 0.6 is 23.2 Å². The summed E-state index contributed by atoms with van der Waals surface area (Å²) in [5, 5.41) is 3.01. The fourth-order valence-electron chi connectivity index (χ4n) is 1.19. The van der Waals surface area contributed by atoms with Gasteiger partial charge in [-0.2, -0.15) is 5.10 Å². The van der Waals surface area contributed by atoms with Crippen molar-refractivity contribution in [1.82, 2.24) is 9.78 Å². The monoisotopic (exact) mass is 262 g/mol. The molecule has 0 aliphatic heterocycles. The molecular weight excluding hydrogens is 254 g/mol. The van der Waals surface area contributed by atoms with Crippen molar-refractivity contribution in [3.63, 3.8) is 0 Å². The minimum Gasteiger partial charge on any atom is -0.275 e. The number of carbonyl (C=O) groups excluding carboxylic acids is 1. The highest BCUT2D eigenvalue weighted by Crippen LogP contribution is 2.29. The van der Waals surface area contributed by atoms with E-state index in [1.807, 2.05) is 0 Å². The lowest BCUT2D eigenvalue weighted by atomic mass is 10.2. The topological polar surface area (TPSA) is 34.9 Å². The summed E-state index contributed by atoms with van der Waals surface area (Å²) >= 11 is 11.2. The van der Waals surface area contributed by atoms with Crippen molar-refractivity contribution < 1.29 is 9.18 Å². The minimum atomic E-state index is -1.58. The maximum Gasteiger partial charge on any atom is 0.257 e. The molecule has 0 aliphatic rings. The maximum atomic E-state index is 13.4. The minimum absolute atomic E-state index is 0.000556. The Morgan fingerprint density at radius 2 is 2.25 bits per heavy atom. The van der Waals surface area contributed by atoms with Crippen LogP contribution in [0.25, 0.3) is 0 Å². The van der Waals surface area contributed by atoms with E-state index in [9.17, 15) is 9.18 Å². The summed E-state index contributed by atoms with van der Waals surface area (Å²) in [6.45, 7) is 7.04. The Balaban J connectivity index is 3.35. The molecule has 3 nitrogen and oxygen atoms in total. The summed E-state index contributed by atoms with van der Waals surface area (Å²) < 4.78 is 14.7. The van der Waals surface area contributed by atoms with Crippen LogP contribution in [0.4, 0.5) is 4.39 Å². The highest BCUT2D eigenvalue weighted by molar-refractivity contribution is 6.68. The number of rotatable bonds is 5. The summed E-state index contributed by atoms with van der Waals surface area (Å²) in [6, 6.07) is 0. The van der Waals surface area contributed by atoms with Crippen molar-refractivity contribution >= 4 is 28.4 Å². The van der Waals surface area contributed by atoms with Crippen LogP contribution in [-0.4, -0.2) is 15.0 Å². The largest absolute Gasteiger partial charge is 0.275 e. The third kappa shape index (κ3) is 2.33. The third-order valence-electron chi connectivity index (χ3n) is 1.88. The number of halogens is 3. The molecule has 1 rings (SSSR count). The number of hydrogen-bond acceptors (Lipinski definition) is 2. The van der Waals surface area contributed by atoms with E-state index in [1.54, 1.807) is 0 Å². The molecule has 0 bridgehead atoms. The van der Waals surface area contributed by atoms with Gasteiger partial charge in [0.15, 0.2) is 6.17 Å². The van der Waals surface area contributed by atoms with Gasteiger partial charge >= 0.3 is 0 Å². The molecule has 0 aromatic carbocycles. The Hall–Kier alpha value is -1.13. The summed E-state index contributed by atoms with van der Waals surface area (Å²) in [6.07, 6.45) is 0.952. The molecule has 1 aromatic rings. The Bertz CT molecular complexity index is 442. The molecule has 16 heavy (non-hydrogen) atoms. The van der Waals surface area contributed by atoms with Gasteiger partial charge in [0.05, 0.1) is 12.1 Å². The number of allylic oxidation sites excluding steroid dienone is 2. The first-order valence-corrected chi connectivity index (χ1v) is 5.12. The van der Waals surface area contributed by atoms with Gasteiger partial charge < -0.3 is 0 Å². The van der Waals surface area contributed by atoms with E-state index in [4.69, 9.17) is 23.2 Å². The smallest absolute Gasteiger partial charge is 0.257 e. The van der Waals surface area contributed by atoms with Crippen LogP contribution in [0.1, 0.15) is 22.2 Å². The van der Waals surface area contributed by atoms with Crippen molar-refractivity contribution in [1.29, 1.82) is 0 Å². The van der Waals surface area contributed by atoms with Gasteiger partial charge in [-0.3, -0.25) is 4.79 Å². The van der Waals surface area contributed by atoms with E-state index < -0.39 is 11.4 Å². The first-order chi connectivity index (χ1) is 7.52. The highest BCUT2D eigenvalue weighted by atomic mass is 35.5. The first kappa shape index (κ1) is 12.9. The van der Waals surface area contributed by atoms with E-state index in [0.29, 0.717) is 0 Å². The van der Waals surface area contributed by atoms with Gasteiger partial charge in [-0.25, -0.2) is 9.07 Å². The Morgan fingerprint density at radius 1 is 1.62 bits per heavy atom. The number of alkyl halides is 1. The molecule has 1 aromatic heterocycles. The fourth-order valence-corrected chi connectivity index (χ4v) is 1.71. The van der Waals surface area contributed by atoms with Crippen LogP contribution in [0.2, 0.25) is 5.15 Å². The molecule has 0 saturated carbocycles. The van der Waals surface area contributed by atoms with Gasteiger partial charge in [0, 0.05) is 0 Å². The van der Waals surface area contributed by atoms with Crippen LogP contribution in [0.5, 0.6) is 0 Å². The molecule has 1 unspecified atom stereocenters.